The van der Waals surface area contributed by atoms with E-state index in [1.807, 2.05) is 0 Å². The van der Waals surface area contributed by atoms with Gasteiger partial charge in [0.1, 0.15) is 0 Å². The second-order valence-electron chi connectivity index (χ2n) is 11.9. The van der Waals surface area contributed by atoms with Crippen LogP contribution in [0, 0.1) is 0 Å². The van der Waals surface area contributed by atoms with Crippen LogP contribution in [0.4, 0.5) is 0 Å². The van der Waals surface area contributed by atoms with Gasteiger partial charge in [0, 0.05) is 12.8 Å². The first-order valence-corrected chi connectivity index (χ1v) is 18.1. The van der Waals surface area contributed by atoms with E-state index < -0.39 is 36.1 Å². The third-order valence-corrected chi connectivity index (χ3v) is 7.80. The van der Waals surface area contributed by atoms with E-state index in [-0.39, 0.29) is 26.1 Å². The fourth-order valence-electron chi connectivity index (χ4n) is 5.18. The Morgan fingerprint density at radius 3 is 0.886 bits per heavy atom. The molecule has 0 aromatic rings. The summed E-state index contributed by atoms with van der Waals surface area (Å²) in [7, 11) is 0. The first-order chi connectivity index (χ1) is 21.4. The lowest BCUT2D eigenvalue weighted by molar-refractivity contribution is -0.191. The van der Waals surface area contributed by atoms with E-state index in [9.17, 15) is 19.2 Å². The molecule has 0 aromatic heterocycles. The van der Waals surface area contributed by atoms with Crippen LogP contribution in [0.2, 0.25) is 0 Å². The van der Waals surface area contributed by atoms with Crippen LogP contribution in [0.1, 0.15) is 182 Å². The molecule has 258 valence electrons. The van der Waals surface area contributed by atoms with E-state index in [0.717, 1.165) is 38.5 Å². The van der Waals surface area contributed by atoms with Crippen molar-refractivity contribution in [2.45, 2.75) is 194 Å². The summed E-state index contributed by atoms with van der Waals surface area (Å²) in [5.74, 6) is -3.12. The van der Waals surface area contributed by atoms with Crippen molar-refractivity contribution in [1.82, 2.24) is 0 Å². The Bertz CT molecular complexity index is 663. The predicted octanol–water partition coefficient (Wildman–Crippen LogP) is 9.34. The molecule has 0 amide bonds. The Labute approximate surface area is 269 Å². The molecule has 0 bridgehead atoms. The summed E-state index contributed by atoms with van der Waals surface area (Å²) in [6.07, 6.45) is 22.0. The van der Waals surface area contributed by atoms with Crippen molar-refractivity contribution >= 4 is 23.9 Å². The zero-order valence-corrected chi connectivity index (χ0v) is 28.8. The molecule has 8 nitrogen and oxygen atoms in total. The van der Waals surface area contributed by atoms with Gasteiger partial charge in [-0.25, -0.2) is 9.59 Å². The molecule has 0 heterocycles. The Hall–Kier alpha value is -2.12. The minimum Gasteiger partial charge on any atom is -0.463 e. The number of rotatable bonds is 31. The van der Waals surface area contributed by atoms with E-state index in [1.54, 1.807) is 13.8 Å². The molecule has 0 aliphatic heterocycles. The molecular weight excluding hydrogens is 560 g/mol. The predicted molar refractivity (Wildman–Crippen MR) is 175 cm³/mol. The highest BCUT2D eigenvalue weighted by Gasteiger charge is 2.42. The van der Waals surface area contributed by atoms with Crippen molar-refractivity contribution in [1.29, 1.82) is 0 Å². The summed E-state index contributed by atoms with van der Waals surface area (Å²) in [6, 6.07) is 0. The SMILES string of the molecule is CCCCCCCCCCCCCC(=O)O[C@@H](C(=O)OCC)[C@@H](OC(=O)CCCCCCCCCCCCC)C(=O)OCC. The molecule has 0 fully saturated rings. The molecule has 0 aliphatic rings. The number of unbranched alkanes of at least 4 members (excludes halogenated alkanes) is 20. The third kappa shape index (κ3) is 24.2. The number of esters is 4. The lowest BCUT2D eigenvalue weighted by Crippen LogP contribution is -2.47. The van der Waals surface area contributed by atoms with Crippen LogP contribution < -0.4 is 0 Å². The summed E-state index contributed by atoms with van der Waals surface area (Å²) in [5.41, 5.74) is 0. The number of hydrogen-bond donors (Lipinski definition) is 0. The molecule has 0 N–H and O–H groups in total. The summed E-state index contributed by atoms with van der Waals surface area (Å²) in [4.78, 5) is 50.8. The summed E-state index contributed by atoms with van der Waals surface area (Å²) in [5, 5.41) is 0. The van der Waals surface area contributed by atoms with E-state index in [2.05, 4.69) is 13.8 Å². The quantitative estimate of drug-likeness (QED) is 0.0426. The minimum atomic E-state index is -1.70. The second-order valence-corrected chi connectivity index (χ2v) is 11.9. The van der Waals surface area contributed by atoms with Crippen molar-refractivity contribution < 1.29 is 38.1 Å². The molecular formula is C36H66O8. The van der Waals surface area contributed by atoms with Crippen molar-refractivity contribution in [3.8, 4) is 0 Å². The molecule has 0 saturated heterocycles. The van der Waals surface area contributed by atoms with Gasteiger partial charge in [0.15, 0.2) is 0 Å². The molecule has 0 radical (unpaired) electrons. The van der Waals surface area contributed by atoms with Gasteiger partial charge < -0.3 is 18.9 Å². The van der Waals surface area contributed by atoms with Gasteiger partial charge in [-0.3, -0.25) is 9.59 Å². The molecule has 0 unspecified atom stereocenters. The van der Waals surface area contributed by atoms with Crippen molar-refractivity contribution in [2.24, 2.45) is 0 Å². The van der Waals surface area contributed by atoms with Crippen LogP contribution in [-0.2, 0) is 38.1 Å². The first-order valence-electron chi connectivity index (χ1n) is 18.1. The normalized spacial score (nSPS) is 12.4. The van der Waals surface area contributed by atoms with Gasteiger partial charge in [-0.2, -0.15) is 0 Å². The van der Waals surface area contributed by atoms with Gasteiger partial charge in [-0.1, -0.05) is 142 Å². The Morgan fingerprint density at radius 2 is 0.636 bits per heavy atom. The summed E-state index contributed by atoms with van der Waals surface area (Å²) >= 11 is 0. The van der Waals surface area contributed by atoms with E-state index in [0.29, 0.717) is 12.8 Å². The zero-order valence-electron chi connectivity index (χ0n) is 28.8. The molecule has 0 aromatic carbocycles. The summed E-state index contributed by atoms with van der Waals surface area (Å²) in [6.45, 7) is 7.71. The molecule has 8 heteroatoms. The smallest absolute Gasteiger partial charge is 0.352 e. The fraction of sp³-hybridized carbons (Fsp3) is 0.889. The Balaban J connectivity index is 4.64. The number of hydrogen-bond acceptors (Lipinski definition) is 8. The molecule has 0 rings (SSSR count). The highest BCUT2D eigenvalue weighted by Crippen LogP contribution is 2.17. The largest absolute Gasteiger partial charge is 0.463 e. The Morgan fingerprint density at radius 1 is 0.386 bits per heavy atom. The maximum Gasteiger partial charge on any atom is 0.352 e. The summed E-state index contributed by atoms with van der Waals surface area (Å²) < 4.78 is 20.9. The van der Waals surface area contributed by atoms with Gasteiger partial charge in [-0.15, -0.1) is 0 Å². The second kappa shape index (κ2) is 30.9. The van der Waals surface area contributed by atoms with Crippen molar-refractivity contribution in [2.75, 3.05) is 13.2 Å². The third-order valence-electron chi connectivity index (χ3n) is 7.80. The average molecular weight is 627 g/mol. The lowest BCUT2D eigenvalue weighted by Gasteiger charge is -2.24. The van der Waals surface area contributed by atoms with E-state index in [1.165, 1.54) is 89.9 Å². The molecule has 44 heavy (non-hydrogen) atoms. The van der Waals surface area contributed by atoms with Crippen molar-refractivity contribution in [3.63, 3.8) is 0 Å². The minimum absolute atomic E-state index is 0.0215. The van der Waals surface area contributed by atoms with Gasteiger partial charge in [0.05, 0.1) is 13.2 Å². The molecule has 2 atom stereocenters. The van der Waals surface area contributed by atoms with Gasteiger partial charge in [0.25, 0.3) is 0 Å². The first kappa shape index (κ1) is 41.9. The van der Waals surface area contributed by atoms with Crippen LogP contribution in [0.3, 0.4) is 0 Å². The molecule has 0 saturated carbocycles. The van der Waals surface area contributed by atoms with Gasteiger partial charge in [-0.05, 0) is 26.7 Å². The van der Waals surface area contributed by atoms with Crippen LogP contribution in [0.15, 0.2) is 0 Å². The average Bonchev–Trinajstić information content (AvgIpc) is 3.00. The topological polar surface area (TPSA) is 105 Å². The van der Waals surface area contributed by atoms with Crippen molar-refractivity contribution in [3.05, 3.63) is 0 Å². The van der Waals surface area contributed by atoms with Crippen LogP contribution in [-0.4, -0.2) is 49.3 Å². The van der Waals surface area contributed by atoms with Crippen LogP contribution >= 0.6 is 0 Å². The Kier molecular flexibility index (Phi) is 29.4. The number of carbonyl (C=O) groups excluding carboxylic acids is 4. The molecule has 0 spiro atoms. The standard InChI is InChI=1S/C36H66O8/c1-5-9-11-13-15-17-19-21-23-25-27-29-31(37)43-33(35(39)41-7-3)34(36(40)42-8-4)44-32(38)30-28-26-24-22-20-18-16-14-12-10-6-2/h33-34H,5-30H2,1-4H3/t33-,34-/m1/s1. The highest BCUT2D eigenvalue weighted by molar-refractivity contribution is 5.89. The van der Waals surface area contributed by atoms with E-state index >= 15 is 0 Å². The highest BCUT2D eigenvalue weighted by atomic mass is 16.6. The number of ether oxygens (including phenoxy) is 4. The monoisotopic (exact) mass is 626 g/mol. The fourth-order valence-corrected chi connectivity index (χ4v) is 5.18. The van der Waals surface area contributed by atoms with Crippen LogP contribution in [0.5, 0.6) is 0 Å². The van der Waals surface area contributed by atoms with Crippen LogP contribution in [0.25, 0.3) is 0 Å². The maximum absolute atomic E-state index is 12.7. The van der Waals surface area contributed by atoms with Gasteiger partial charge in [0.2, 0.25) is 12.2 Å². The zero-order chi connectivity index (χ0) is 32.7. The van der Waals surface area contributed by atoms with Gasteiger partial charge >= 0.3 is 23.9 Å². The maximum atomic E-state index is 12.7. The molecule has 0 aliphatic carbocycles. The van der Waals surface area contributed by atoms with E-state index in [4.69, 9.17) is 18.9 Å². The lowest BCUT2D eigenvalue weighted by atomic mass is 10.1. The number of carbonyl (C=O) groups is 4.